The number of carbonyl (C=O) groups excluding carboxylic acids is 8. The van der Waals surface area contributed by atoms with E-state index in [1.807, 2.05) is 0 Å². The molecular weight excluding hydrogens is 1040 g/mol. The highest BCUT2D eigenvalue weighted by Crippen LogP contribution is 2.12. The van der Waals surface area contributed by atoms with E-state index >= 15 is 0 Å². The van der Waals surface area contributed by atoms with Gasteiger partial charge in [-0.1, -0.05) is 121 Å². The van der Waals surface area contributed by atoms with E-state index in [1.165, 1.54) is 13.8 Å². The van der Waals surface area contributed by atoms with Gasteiger partial charge in [-0.3, -0.25) is 38.4 Å². The Bertz CT molecular complexity index is 2680. The second-order valence-electron chi connectivity index (χ2n) is 19.5. The number of carboxylic acids is 1. The summed E-state index contributed by atoms with van der Waals surface area (Å²) >= 11 is 0. The molecule has 0 saturated heterocycles. The lowest BCUT2D eigenvalue weighted by atomic mass is 10.0. The molecule has 0 aliphatic heterocycles. The van der Waals surface area contributed by atoms with Crippen molar-refractivity contribution in [3.8, 4) is 0 Å². The topological polar surface area (TPSA) is 397 Å². The Labute approximate surface area is 462 Å². The smallest absolute Gasteiger partial charge is 0.328 e. The van der Waals surface area contributed by atoms with Gasteiger partial charge in [-0.2, -0.15) is 0 Å². The Balaban J connectivity index is 1.60. The van der Waals surface area contributed by atoms with Gasteiger partial charge >= 0.3 is 5.97 Å². The van der Waals surface area contributed by atoms with Gasteiger partial charge in [0.25, 0.3) is 0 Å². The van der Waals surface area contributed by atoms with Gasteiger partial charge < -0.3 is 78.9 Å². The normalized spacial score (nSPS) is 16.4. The van der Waals surface area contributed by atoms with Gasteiger partial charge in [-0.05, 0) is 56.9 Å². The number of hydrogen-bond acceptors (Lipinski definition) is 15. The Morgan fingerprint density at radius 1 is 0.325 bits per heavy atom. The molecule has 432 valence electrons. The molecule has 16 N–H and O–H groups in total. The van der Waals surface area contributed by atoms with Crippen LogP contribution in [0.1, 0.15) is 56.9 Å². The molecule has 0 bridgehead atoms. The summed E-state index contributed by atoms with van der Waals surface area (Å²) in [4.78, 5) is 123. The van der Waals surface area contributed by atoms with Gasteiger partial charge in [0, 0.05) is 25.7 Å². The Hall–Kier alpha value is -8.13. The number of nitrogens with one attached hydrogen (secondary N) is 8. The van der Waals surface area contributed by atoms with E-state index in [0.29, 0.717) is 22.3 Å². The number of carbonyl (C=O) groups is 9. The molecule has 0 spiro atoms. The molecular formula is C56H73N9O15. The number of amides is 8. The van der Waals surface area contributed by atoms with Crippen LogP contribution >= 0.6 is 0 Å². The minimum Gasteiger partial charge on any atom is -0.480 e. The first kappa shape index (κ1) is 64.4. The van der Waals surface area contributed by atoms with Crippen LogP contribution in [-0.4, -0.2) is 169 Å². The highest BCUT2D eigenvalue weighted by Gasteiger charge is 2.38. The van der Waals surface area contributed by atoms with Crippen LogP contribution in [0.3, 0.4) is 0 Å². The zero-order valence-electron chi connectivity index (χ0n) is 44.9. The van der Waals surface area contributed by atoms with Crippen molar-refractivity contribution < 1.29 is 73.8 Å². The van der Waals surface area contributed by atoms with E-state index in [1.54, 1.807) is 121 Å². The third-order valence-corrected chi connectivity index (χ3v) is 12.7. The molecule has 14 atom stereocenters. The first-order chi connectivity index (χ1) is 37.9. The van der Waals surface area contributed by atoms with E-state index in [2.05, 4.69) is 42.5 Å². The Morgan fingerprint density at radius 2 is 0.537 bits per heavy atom. The minimum absolute atomic E-state index is 0.106. The van der Waals surface area contributed by atoms with E-state index in [-0.39, 0.29) is 25.7 Å². The first-order valence-corrected chi connectivity index (χ1v) is 25.8. The van der Waals surface area contributed by atoms with Crippen molar-refractivity contribution in [1.82, 2.24) is 42.5 Å². The number of aliphatic carboxylic acids is 1. The predicted molar refractivity (Wildman–Crippen MR) is 290 cm³/mol. The van der Waals surface area contributed by atoms with Gasteiger partial charge in [-0.15, -0.1) is 0 Å². The highest BCUT2D eigenvalue weighted by molar-refractivity contribution is 5.98. The fourth-order valence-electron chi connectivity index (χ4n) is 8.13. The molecule has 0 unspecified atom stereocenters. The Morgan fingerprint density at radius 3 is 0.738 bits per heavy atom. The van der Waals surface area contributed by atoms with Crippen LogP contribution in [0, 0.1) is 0 Å². The second kappa shape index (κ2) is 31.5. The lowest BCUT2D eigenvalue weighted by molar-refractivity contribution is -0.145. The molecule has 4 aromatic carbocycles. The summed E-state index contributed by atoms with van der Waals surface area (Å²) in [5.41, 5.74) is 7.93. The Kier molecular flexibility index (Phi) is 25.3. The molecule has 0 saturated carbocycles. The van der Waals surface area contributed by atoms with Gasteiger partial charge in [0.15, 0.2) is 6.04 Å². The molecule has 4 aromatic rings. The number of hydrogen-bond donors (Lipinski definition) is 15. The second-order valence-corrected chi connectivity index (χ2v) is 19.5. The van der Waals surface area contributed by atoms with Crippen LogP contribution in [-0.2, 0) is 68.8 Å². The van der Waals surface area contributed by atoms with Gasteiger partial charge in [-0.25, -0.2) is 4.79 Å². The van der Waals surface area contributed by atoms with Crippen molar-refractivity contribution in [2.75, 3.05) is 0 Å². The maximum atomic E-state index is 14.4. The van der Waals surface area contributed by atoms with Gasteiger partial charge in [0.05, 0.1) is 30.5 Å². The summed E-state index contributed by atoms with van der Waals surface area (Å²) in [6, 6.07) is 18.5. The zero-order chi connectivity index (χ0) is 59.2. The van der Waals surface area contributed by atoms with Crippen LogP contribution in [0.4, 0.5) is 0 Å². The molecule has 0 aromatic heterocycles. The first-order valence-electron chi connectivity index (χ1n) is 25.8. The SMILES string of the molecule is C[C@@H](O)[C@H](N)C(=O)N[C@@H](Cc1ccccc1)C(=O)N[C@H](C(=O)N[C@@H](Cc1ccccc1)C(=O)N[C@H](C(=O)N[C@@H](Cc1ccccc1)C(=O)N[C@H](C(=O)N[C@@H](Cc1ccccc1)C(=O)N[C@H](C(=O)O)[C@@H](C)O)[C@@H](C)O)[C@@H](C)O)[C@@H](C)O. The van der Waals surface area contributed by atoms with Crippen molar-refractivity contribution >= 4 is 53.2 Å². The zero-order valence-corrected chi connectivity index (χ0v) is 44.9. The molecule has 0 heterocycles. The number of benzene rings is 4. The van der Waals surface area contributed by atoms with Crippen LogP contribution < -0.4 is 48.3 Å². The molecule has 24 nitrogen and oxygen atoms in total. The summed E-state index contributed by atoms with van der Waals surface area (Å²) in [7, 11) is 0. The average Bonchev–Trinajstić information content (AvgIpc) is 3.42. The molecule has 8 amide bonds. The minimum atomic E-state index is -1.85. The number of rotatable bonds is 30. The van der Waals surface area contributed by atoms with Crippen molar-refractivity contribution in [2.24, 2.45) is 5.73 Å². The molecule has 0 fully saturated rings. The molecule has 0 radical (unpaired) electrons. The predicted octanol–water partition coefficient (Wildman–Crippen LogP) is -2.85. The van der Waals surface area contributed by atoms with Crippen molar-refractivity contribution in [2.45, 2.75) is 145 Å². The monoisotopic (exact) mass is 1110 g/mol. The lowest BCUT2D eigenvalue weighted by Crippen LogP contribution is -2.64. The summed E-state index contributed by atoms with van der Waals surface area (Å²) in [5.74, 6) is -9.82. The number of nitrogens with two attached hydrogens (primary N) is 1. The third kappa shape index (κ3) is 20.3. The van der Waals surface area contributed by atoms with E-state index in [4.69, 9.17) is 5.73 Å². The van der Waals surface area contributed by atoms with Gasteiger partial charge in [0.1, 0.15) is 48.3 Å². The van der Waals surface area contributed by atoms with Gasteiger partial charge in [0.2, 0.25) is 47.3 Å². The maximum absolute atomic E-state index is 14.4. The lowest BCUT2D eigenvalue weighted by Gasteiger charge is -2.30. The summed E-state index contributed by atoms with van der Waals surface area (Å²) in [5, 5.41) is 81.9. The highest BCUT2D eigenvalue weighted by atomic mass is 16.4. The van der Waals surface area contributed by atoms with Crippen molar-refractivity contribution in [3.05, 3.63) is 144 Å². The van der Waals surface area contributed by atoms with Crippen LogP contribution in [0.2, 0.25) is 0 Å². The van der Waals surface area contributed by atoms with Crippen molar-refractivity contribution in [1.29, 1.82) is 0 Å². The van der Waals surface area contributed by atoms with Crippen LogP contribution in [0.15, 0.2) is 121 Å². The molecule has 0 aliphatic rings. The fourth-order valence-corrected chi connectivity index (χ4v) is 8.13. The number of aliphatic hydroxyl groups excluding tert-OH is 5. The fraction of sp³-hybridized carbons (Fsp3) is 0.411. The largest absolute Gasteiger partial charge is 0.480 e. The van der Waals surface area contributed by atoms with Crippen LogP contribution in [0.25, 0.3) is 0 Å². The third-order valence-electron chi connectivity index (χ3n) is 12.7. The molecule has 0 aliphatic carbocycles. The molecule has 4 rings (SSSR count). The van der Waals surface area contributed by atoms with E-state index in [9.17, 15) is 73.8 Å². The summed E-state index contributed by atoms with van der Waals surface area (Å²) < 4.78 is 0. The molecule has 24 heteroatoms. The number of aliphatic hydroxyl groups is 5. The standard InChI is InChI=1S/C56H73N9O15/c1-30(66)43(57)52(75)58-39(26-35-18-10-6-11-19-35)48(71)62-44(31(2)67)53(76)59-40(27-36-20-12-7-13-21-36)49(72)63-45(32(3)68)54(77)60-41(28-37-22-14-8-15-23-37)50(73)64-46(33(4)69)55(78)61-42(29-38-24-16-9-17-25-38)51(74)65-47(34(5)70)56(79)80/h6-25,30-34,39-47,66-70H,26-29,57H2,1-5H3,(H,58,75)(H,59,76)(H,60,77)(H,61,78)(H,62,71)(H,63,72)(H,64,73)(H,65,74)(H,79,80)/t30-,31-,32-,33-,34-,39+,40+,41+,42+,43+,44+,45+,46+,47+/m1/s1. The summed E-state index contributed by atoms with van der Waals surface area (Å²) in [6.07, 6.45) is -8.60. The molecule has 80 heavy (non-hydrogen) atoms. The quantitative estimate of drug-likeness (QED) is 0.0250. The number of carboxylic acid groups (broad SMARTS) is 1. The average molecular weight is 1110 g/mol. The van der Waals surface area contributed by atoms with Crippen LogP contribution in [0.5, 0.6) is 0 Å². The van der Waals surface area contributed by atoms with Crippen molar-refractivity contribution in [3.63, 3.8) is 0 Å². The maximum Gasteiger partial charge on any atom is 0.328 e. The summed E-state index contributed by atoms with van der Waals surface area (Å²) in [6.45, 7) is 5.94. The van der Waals surface area contributed by atoms with E-state index in [0.717, 1.165) is 20.8 Å². The van der Waals surface area contributed by atoms with E-state index < -0.39 is 138 Å².